The predicted molar refractivity (Wildman–Crippen MR) is 90.7 cm³/mol. The minimum Gasteiger partial charge on any atom is -0.495 e. The Morgan fingerprint density at radius 1 is 1.29 bits per heavy atom. The van der Waals surface area contributed by atoms with Gasteiger partial charge in [0.25, 0.3) is 0 Å². The van der Waals surface area contributed by atoms with Crippen LogP contribution in [0.4, 0.5) is 0 Å². The average molecular weight is 353 g/mol. The molecular formula is C17H23NO5S. The minimum absolute atomic E-state index is 0.0573. The Hall–Kier alpha value is -1.83. The van der Waals surface area contributed by atoms with Crippen LogP contribution in [0.5, 0.6) is 5.75 Å². The number of hydrogen-bond donors (Lipinski definition) is 2. The number of rotatable bonds is 7. The van der Waals surface area contributed by atoms with E-state index in [4.69, 9.17) is 9.15 Å². The molecule has 1 aromatic carbocycles. The standard InChI is InChI=1S/C17H23NO5S/c1-12-8-15(22-4)16(9-13(12)2)24(20,21)18-11-17(3,19)10-14-6-5-7-23-14/h5-9,18-19H,10-11H2,1-4H3/t17-/m1/s1. The smallest absolute Gasteiger partial charge is 0.244 e. The number of nitrogens with one attached hydrogen (secondary N) is 1. The Balaban J connectivity index is 2.18. The summed E-state index contributed by atoms with van der Waals surface area (Å²) >= 11 is 0. The lowest BCUT2D eigenvalue weighted by Gasteiger charge is -2.23. The van der Waals surface area contributed by atoms with Crippen LogP contribution in [0.1, 0.15) is 23.8 Å². The molecule has 1 heterocycles. The summed E-state index contributed by atoms with van der Waals surface area (Å²) in [5.41, 5.74) is 0.506. The van der Waals surface area contributed by atoms with E-state index in [1.165, 1.54) is 13.4 Å². The van der Waals surface area contributed by atoms with Gasteiger partial charge in [0.15, 0.2) is 0 Å². The highest BCUT2D eigenvalue weighted by Crippen LogP contribution is 2.27. The summed E-state index contributed by atoms with van der Waals surface area (Å²) in [4.78, 5) is 0.0573. The van der Waals surface area contributed by atoms with Gasteiger partial charge in [-0.05, 0) is 56.2 Å². The molecule has 0 aliphatic heterocycles. The van der Waals surface area contributed by atoms with Gasteiger partial charge in [0.2, 0.25) is 10.0 Å². The monoisotopic (exact) mass is 353 g/mol. The average Bonchev–Trinajstić information content (AvgIpc) is 3.00. The summed E-state index contributed by atoms with van der Waals surface area (Å²) in [5.74, 6) is 0.860. The Bertz CT molecular complexity index is 795. The molecule has 2 aromatic rings. The molecule has 7 heteroatoms. The lowest BCUT2D eigenvalue weighted by atomic mass is 10.0. The molecule has 6 nitrogen and oxygen atoms in total. The van der Waals surface area contributed by atoms with E-state index in [0.29, 0.717) is 5.76 Å². The summed E-state index contributed by atoms with van der Waals surface area (Å²) in [7, 11) is -2.39. The molecule has 0 aliphatic rings. The van der Waals surface area contributed by atoms with E-state index >= 15 is 0 Å². The zero-order chi connectivity index (χ0) is 18.0. The Labute approximate surface area is 142 Å². The Morgan fingerprint density at radius 3 is 2.54 bits per heavy atom. The molecule has 0 saturated heterocycles. The lowest BCUT2D eigenvalue weighted by molar-refractivity contribution is 0.0603. The van der Waals surface area contributed by atoms with Gasteiger partial charge in [-0.1, -0.05) is 0 Å². The zero-order valence-electron chi connectivity index (χ0n) is 14.3. The first-order chi connectivity index (χ1) is 11.1. The Kier molecular flexibility index (Phi) is 5.37. The summed E-state index contributed by atoms with van der Waals surface area (Å²) in [6.45, 7) is 5.12. The van der Waals surface area contributed by atoms with Crippen molar-refractivity contribution in [2.24, 2.45) is 0 Å². The van der Waals surface area contributed by atoms with Crippen molar-refractivity contribution < 1.29 is 22.7 Å². The topological polar surface area (TPSA) is 88.8 Å². The highest BCUT2D eigenvalue weighted by molar-refractivity contribution is 7.89. The molecule has 2 N–H and O–H groups in total. The highest BCUT2D eigenvalue weighted by Gasteiger charge is 2.27. The van der Waals surface area contributed by atoms with Crippen molar-refractivity contribution >= 4 is 10.0 Å². The van der Waals surface area contributed by atoms with Crippen LogP contribution in [0, 0.1) is 13.8 Å². The fourth-order valence-electron chi connectivity index (χ4n) is 2.31. The van der Waals surface area contributed by atoms with E-state index in [2.05, 4.69) is 4.72 Å². The third-order valence-electron chi connectivity index (χ3n) is 3.85. The molecule has 24 heavy (non-hydrogen) atoms. The van der Waals surface area contributed by atoms with Crippen LogP contribution in [0.15, 0.2) is 39.8 Å². The molecule has 0 amide bonds. The third kappa shape index (κ3) is 4.37. The lowest BCUT2D eigenvalue weighted by Crippen LogP contribution is -2.42. The number of sulfonamides is 1. The first-order valence-corrected chi connectivity index (χ1v) is 9.02. The van der Waals surface area contributed by atoms with Gasteiger partial charge < -0.3 is 14.3 Å². The zero-order valence-corrected chi connectivity index (χ0v) is 15.1. The number of ether oxygens (including phenoxy) is 1. The molecule has 0 aliphatic carbocycles. The van der Waals surface area contributed by atoms with Gasteiger partial charge in [-0.3, -0.25) is 0 Å². The first-order valence-electron chi connectivity index (χ1n) is 7.54. The van der Waals surface area contributed by atoms with Crippen LogP contribution >= 0.6 is 0 Å². The number of methoxy groups -OCH3 is 1. The molecule has 0 unspecified atom stereocenters. The summed E-state index contributed by atoms with van der Waals surface area (Å²) < 4.78 is 38.0. The van der Waals surface area contributed by atoms with Gasteiger partial charge in [0.1, 0.15) is 16.4 Å². The molecule has 0 radical (unpaired) electrons. The second kappa shape index (κ2) is 6.96. The first kappa shape index (κ1) is 18.5. The highest BCUT2D eigenvalue weighted by atomic mass is 32.2. The van der Waals surface area contributed by atoms with Crippen LogP contribution in [0.3, 0.4) is 0 Å². The van der Waals surface area contributed by atoms with Crippen LogP contribution < -0.4 is 9.46 Å². The second-order valence-corrected chi connectivity index (χ2v) is 7.90. The van der Waals surface area contributed by atoms with Crippen LogP contribution in [0.2, 0.25) is 0 Å². The number of aryl methyl sites for hydroxylation is 2. The van der Waals surface area contributed by atoms with Gasteiger partial charge in [0, 0.05) is 13.0 Å². The molecule has 2 rings (SSSR count). The molecule has 0 bridgehead atoms. The van der Waals surface area contributed by atoms with Crippen LogP contribution in [-0.4, -0.2) is 32.8 Å². The van der Waals surface area contributed by atoms with Crippen molar-refractivity contribution in [1.29, 1.82) is 0 Å². The van der Waals surface area contributed by atoms with Gasteiger partial charge in [-0.15, -0.1) is 0 Å². The van der Waals surface area contributed by atoms with E-state index < -0.39 is 15.6 Å². The fraction of sp³-hybridized carbons (Fsp3) is 0.412. The molecular weight excluding hydrogens is 330 g/mol. The number of furan rings is 1. The minimum atomic E-state index is -3.82. The van der Waals surface area contributed by atoms with E-state index in [-0.39, 0.29) is 23.6 Å². The summed E-state index contributed by atoms with van der Waals surface area (Å²) in [6, 6.07) is 6.70. The SMILES string of the molecule is COc1cc(C)c(C)cc1S(=O)(=O)NC[C@](C)(O)Cc1ccco1. The van der Waals surface area contributed by atoms with Gasteiger partial charge in [-0.25, -0.2) is 13.1 Å². The Morgan fingerprint density at radius 2 is 1.96 bits per heavy atom. The normalized spacial score (nSPS) is 14.4. The summed E-state index contributed by atoms with van der Waals surface area (Å²) in [6.07, 6.45) is 1.71. The fourth-order valence-corrected chi connectivity index (χ4v) is 3.71. The number of hydrogen-bond acceptors (Lipinski definition) is 5. The molecule has 0 fully saturated rings. The third-order valence-corrected chi connectivity index (χ3v) is 5.27. The van der Waals surface area contributed by atoms with Gasteiger partial charge in [-0.2, -0.15) is 0 Å². The predicted octanol–water partition coefficient (Wildman–Crippen LogP) is 2.18. The molecule has 132 valence electrons. The summed E-state index contributed by atoms with van der Waals surface area (Å²) in [5, 5.41) is 10.4. The molecule has 1 atom stereocenters. The van der Waals surface area contributed by atoms with Crippen molar-refractivity contribution in [3.63, 3.8) is 0 Å². The van der Waals surface area contributed by atoms with Crippen LogP contribution in [-0.2, 0) is 16.4 Å². The molecule has 0 spiro atoms. The number of benzene rings is 1. The molecule has 1 aromatic heterocycles. The maximum atomic E-state index is 12.6. The van der Waals surface area contributed by atoms with Crippen LogP contribution in [0.25, 0.3) is 0 Å². The van der Waals surface area contributed by atoms with Crippen molar-refractivity contribution in [3.8, 4) is 5.75 Å². The van der Waals surface area contributed by atoms with Crippen molar-refractivity contribution in [3.05, 3.63) is 47.4 Å². The number of aliphatic hydroxyl groups is 1. The van der Waals surface area contributed by atoms with Gasteiger partial charge >= 0.3 is 0 Å². The van der Waals surface area contributed by atoms with Crippen molar-refractivity contribution in [2.45, 2.75) is 37.7 Å². The maximum absolute atomic E-state index is 12.6. The van der Waals surface area contributed by atoms with E-state index in [0.717, 1.165) is 11.1 Å². The second-order valence-electron chi connectivity index (χ2n) is 6.16. The van der Waals surface area contributed by atoms with Gasteiger partial charge in [0.05, 0.1) is 19.0 Å². The largest absolute Gasteiger partial charge is 0.495 e. The quantitative estimate of drug-likeness (QED) is 0.796. The van der Waals surface area contributed by atoms with E-state index in [1.54, 1.807) is 31.2 Å². The molecule has 0 saturated carbocycles. The maximum Gasteiger partial charge on any atom is 0.244 e. The van der Waals surface area contributed by atoms with E-state index in [1.807, 2.05) is 13.8 Å². The van der Waals surface area contributed by atoms with E-state index in [9.17, 15) is 13.5 Å². The van der Waals surface area contributed by atoms with Crippen molar-refractivity contribution in [2.75, 3.05) is 13.7 Å². The van der Waals surface area contributed by atoms with Crippen molar-refractivity contribution in [1.82, 2.24) is 4.72 Å².